The second kappa shape index (κ2) is 8.57. The second-order valence-electron chi connectivity index (χ2n) is 7.54. The van der Waals surface area contributed by atoms with E-state index in [0.29, 0.717) is 12.1 Å². The van der Waals surface area contributed by atoms with E-state index in [2.05, 4.69) is 76.7 Å². The highest BCUT2D eigenvalue weighted by Gasteiger charge is 2.29. The van der Waals surface area contributed by atoms with E-state index in [4.69, 9.17) is 0 Å². The van der Waals surface area contributed by atoms with E-state index in [1.54, 1.807) is 0 Å². The molecular weight excluding hydrogens is 336 g/mol. The maximum atomic E-state index is 4.49. The van der Waals surface area contributed by atoms with Crippen molar-refractivity contribution in [3.8, 4) is 0 Å². The lowest BCUT2D eigenvalue weighted by Gasteiger charge is -2.21. The SMILES string of the molecule is CN=C(NCc1c(C)nn(C)c1C)NC1CC(C)N(Cc2ccccc2)C1. The molecule has 1 aliphatic rings. The van der Waals surface area contributed by atoms with E-state index in [-0.39, 0.29) is 0 Å². The maximum Gasteiger partial charge on any atom is 0.191 e. The molecule has 146 valence electrons. The fourth-order valence-corrected chi connectivity index (χ4v) is 3.87. The predicted octanol–water partition coefficient (Wildman–Crippen LogP) is 2.36. The van der Waals surface area contributed by atoms with Gasteiger partial charge in [-0.05, 0) is 32.8 Å². The molecule has 3 rings (SSSR count). The molecule has 0 bridgehead atoms. The largest absolute Gasteiger partial charge is 0.352 e. The average molecular weight is 369 g/mol. The smallest absolute Gasteiger partial charge is 0.191 e. The summed E-state index contributed by atoms with van der Waals surface area (Å²) in [4.78, 5) is 6.95. The molecule has 2 N–H and O–H groups in total. The molecule has 1 saturated heterocycles. The zero-order valence-electron chi connectivity index (χ0n) is 17.2. The molecule has 1 aliphatic heterocycles. The van der Waals surface area contributed by atoms with Crippen LogP contribution in [-0.4, -0.2) is 46.3 Å². The zero-order chi connectivity index (χ0) is 19.4. The summed E-state index contributed by atoms with van der Waals surface area (Å²) in [6.07, 6.45) is 1.12. The molecule has 0 aliphatic carbocycles. The van der Waals surface area contributed by atoms with Crippen molar-refractivity contribution in [1.82, 2.24) is 25.3 Å². The normalized spacial score (nSPS) is 20.9. The number of rotatable bonds is 5. The van der Waals surface area contributed by atoms with E-state index in [1.807, 2.05) is 18.8 Å². The summed E-state index contributed by atoms with van der Waals surface area (Å²) < 4.78 is 1.93. The molecule has 1 aromatic heterocycles. The lowest BCUT2D eigenvalue weighted by molar-refractivity contribution is 0.258. The van der Waals surface area contributed by atoms with Crippen LogP contribution in [0.25, 0.3) is 0 Å². The van der Waals surface area contributed by atoms with Gasteiger partial charge in [-0.2, -0.15) is 5.10 Å². The lowest BCUT2D eigenvalue weighted by Crippen LogP contribution is -2.44. The number of nitrogens with one attached hydrogen (secondary N) is 2. The molecule has 6 nitrogen and oxygen atoms in total. The fraction of sp³-hybridized carbons (Fsp3) is 0.524. The molecule has 2 aromatic rings. The Kier molecular flexibility index (Phi) is 6.16. The van der Waals surface area contributed by atoms with Gasteiger partial charge >= 0.3 is 0 Å². The van der Waals surface area contributed by atoms with Gasteiger partial charge < -0.3 is 10.6 Å². The summed E-state index contributed by atoms with van der Waals surface area (Å²) in [5.41, 5.74) is 4.88. The molecule has 1 aromatic carbocycles. The highest BCUT2D eigenvalue weighted by molar-refractivity contribution is 5.80. The minimum absolute atomic E-state index is 0.408. The first kappa shape index (κ1) is 19.4. The summed E-state index contributed by atoms with van der Waals surface area (Å²) in [6, 6.07) is 11.7. The number of hydrogen-bond donors (Lipinski definition) is 2. The summed E-state index contributed by atoms with van der Waals surface area (Å²) in [5, 5.41) is 11.5. The molecule has 0 saturated carbocycles. The van der Waals surface area contributed by atoms with Gasteiger partial charge in [0.25, 0.3) is 0 Å². The van der Waals surface area contributed by atoms with Crippen LogP contribution in [0.5, 0.6) is 0 Å². The highest BCUT2D eigenvalue weighted by Crippen LogP contribution is 2.20. The molecule has 0 spiro atoms. The van der Waals surface area contributed by atoms with Gasteiger partial charge in [-0.25, -0.2) is 0 Å². The van der Waals surface area contributed by atoms with Gasteiger partial charge in [-0.15, -0.1) is 0 Å². The maximum absolute atomic E-state index is 4.49. The van der Waals surface area contributed by atoms with Gasteiger partial charge in [0.05, 0.1) is 5.69 Å². The van der Waals surface area contributed by atoms with Crippen LogP contribution in [0, 0.1) is 13.8 Å². The molecule has 2 heterocycles. The van der Waals surface area contributed by atoms with Crippen LogP contribution in [0.1, 0.15) is 35.9 Å². The van der Waals surface area contributed by atoms with Gasteiger partial charge in [-0.3, -0.25) is 14.6 Å². The Morgan fingerprint density at radius 2 is 2.00 bits per heavy atom. The Morgan fingerprint density at radius 3 is 2.63 bits per heavy atom. The van der Waals surface area contributed by atoms with Crippen molar-refractivity contribution in [2.75, 3.05) is 13.6 Å². The number of aryl methyl sites for hydroxylation is 2. The number of likely N-dealkylation sites (tertiary alicyclic amines) is 1. The monoisotopic (exact) mass is 368 g/mol. The molecule has 0 amide bonds. The van der Waals surface area contributed by atoms with Crippen LogP contribution < -0.4 is 10.6 Å². The van der Waals surface area contributed by atoms with Crippen molar-refractivity contribution in [2.45, 2.75) is 52.4 Å². The summed E-state index contributed by atoms with van der Waals surface area (Å²) in [7, 11) is 3.82. The van der Waals surface area contributed by atoms with Crippen LogP contribution in [0.2, 0.25) is 0 Å². The first-order valence-electron chi connectivity index (χ1n) is 9.72. The third-order valence-electron chi connectivity index (χ3n) is 5.59. The molecule has 27 heavy (non-hydrogen) atoms. The van der Waals surface area contributed by atoms with E-state index < -0.39 is 0 Å². The molecule has 2 atom stereocenters. The van der Waals surface area contributed by atoms with Crippen molar-refractivity contribution in [1.29, 1.82) is 0 Å². The van der Waals surface area contributed by atoms with Gasteiger partial charge in [0, 0.05) is 57.1 Å². The average Bonchev–Trinajstić information content (AvgIpc) is 3.11. The number of hydrogen-bond acceptors (Lipinski definition) is 3. The van der Waals surface area contributed by atoms with Gasteiger partial charge in [0.2, 0.25) is 0 Å². The quantitative estimate of drug-likeness (QED) is 0.628. The first-order chi connectivity index (χ1) is 13.0. The predicted molar refractivity (Wildman–Crippen MR) is 111 cm³/mol. The Morgan fingerprint density at radius 1 is 1.26 bits per heavy atom. The molecular formula is C21H32N6. The van der Waals surface area contributed by atoms with Gasteiger partial charge in [0.15, 0.2) is 5.96 Å². The summed E-state index contributed by atoms with van der Waals surface area (Å²) in [6.45, 7) is 9.24. The fourth-order valence-electron chi connectivity index (χ4n) is 3.87. The standard InChI is InChI=1S/C21H32N6/c1-15-11-19(14-27(15)13-18-9-7-6-8-10-18)24-21(22-4)23-12-20-16(2)25-26(5)17(20)3/h6-10,15,19H,11-14H2,1-5H3,(H2,22,23,24). The number of benzene rings is 1. The number of guanidine groups is 1. The van der Waals surface area contributed by atoms with Crippen molar-refractivity contribution >= 4 is 5.96 Å². The van der Waals surface area contributed by atoms with Crippen LogP contribution >= 0.6 is 0 Å². The minimum Gasteiger partial charge on any atom is -0.352 e. The second-order valence-corrected chi connectivity index (χ2v) is 7.54. The van der Waals surface area contributed by atoms with Crippen LogP contribution in [-0.2, 0) is 20.1 Å². The Hall–Kier alpha value is -2.34. The highest BCUT2D eigenvalue weighted by atomic mass is 15.3. The third kappa shape index (κ3) is 4.69. The molecule has 0 radical (unpaired) electrons. The summed E-state index contributed by atoms with van der Waals surface area (Å²) in [5.74, 6) is 0.858. The Balaban J connectivity index is 1.54. The summed E-state index contributed by atoms with van der Waals surface area (Å²) >= 11 is 0. The van der Waals surface area contributed by atoms with Crippen LogP contribution in [0.4, 0.5) is 0 Å². The number of nitrogens with zero attached hydrogens (tertiary/aromatic N) is 4. The van der Waals surface area contributed by atoms with Crippen molar-refractivity contribution in [3.63, 3.8) is 0 Å². The topological polar surface area (TPSA) is 57.5 Å². The van der Waals surface area contributed by atoms with Crippen molar-refractivity contribution < 1.29 is 0 Å². The Bertz CT molecular complexity index is 779. The molecule has 6 heteroatoms. The first-order valence-corrected chi connectivity index (χ1v) is 9.72. The number of aliphatic imine (C=N–C) groups is 1. The molecule has 1 fully saturated rings. The lowest BCUT2D eigenvalue weighted by atomic mass is 10.2. The van der Waals surface area contributed by atoms with Gasteiger partial charge in [-0.1, -0.05) is 30.3 Å². The van der Waals surface area contributed by atoms with Crippen LogP contribution in [0.3, 0.4) is 0 Å². The van der Waals surface area contributed by atoms with Crippen molar-refractivity contribution in [2.24, 2.45) is 12.0 Å². The zero-order valence-corrected chi connectivity index (χ0v) is 17.2. The van der Waals surface area contributed by atoms with Gasteiger partial charge in [0.1, 0.15) is 0 Å². The minimum atomic E-state index is 0.408. The number of aromatic nitrogens is 2. The van der Waals surface area contributed by atoms with Crippen LogP contribution in [0.15, 0.2) is 35.3 Å². The Labute approximate surface area is 162 Å². The van der Waals surface area contributed by atoms with E-state index in [0.717, 1.165) is 37.7 Å². The molecule has 2 unspecified atom stereocenters. The van der Waals surface area contributed by atoms with E-state index in [1.165, 1.54) is 16.8 Å². The van der Waals surface area contributed by atoms with Crippen molar-refractivity contribution in [3.05, 3.63) is 52.8 Å². The van der Waals surface area contributed by atoms with E-state index >= 15 is 0 Å². The van der Waals surface area contributed by atoms with E-state index in [9.17, 15) is 0 Å². The third-order valence-corrected chi connectivity index (χ3v) is 5.59.